The van der Waals surface area contributed by atoms with Crippen LogP contribution in [0, 0.1) is 6.92 Å². The van der Waals surface area contributed by atoms with E-state index in [4.69, 9.17) is 4.42 Å². The number of rotatable bonds is 5. The number of hydrogen-bond donors (Lipinski definition) is 0. The van der Waals surface area contributed by atoms with E-state index in [0.717, 1.165) is 15.7 Å². The van der Waals surface area contributed by atoms with Crippen LogP contribution in [0.15, 0.2) is 46.3 Å². The van der Waals surface area contributed by atoms with E-state index < -0.39 is 6.55 Å². The van der Waals surface area contributed by atoms with Crippen molar-refractivity contribution in [3.63, 3.8) is 0 Å². The Morgan fingerprint density at radius 2 is 2.09 bits per heavy atom. The molecule has 0 saturated carbocycles. The van der Waals surface area contributed by atoms with Crippen molar-refractivity contribution in [2.45, 2.75) is 24.4 Å². The molecule has 0 amide bonds. The van der Waals surface area contributed by atoms with E-state index in [1.54, 1.807) is 0 Å². The molecule has 0 aliphatic carbocycles. The second-order valence-electron chi connectivity index (χ2n) is 4.51. The highest BCUT2D eigenvalue weighted by Crippen LogP contribution is 2.27. The van der Waals surface area contributed by atoms with Gasteiger partial charge in [0.15, 0.2) is 0 Å². The predicted molar refractivity (Wildman–Crippen MR) is 77.5 cm³/mol. The van der Waals surface area contributed by atoms with Crippen molar-refractivity contribution in [3.8, 4) is 11.5 Å². The Balaban J connectivity index is 1.73. The molecule has 3 rings (SSSR count). The topological polar surface area (TPSA) is 56.7 Å². The number of benzene rings is 1. The summed E-state index contributed by atoms with van der Waals surface area (Å²) in [7, 11) is 0. The summed E-state index contributed by atoms with van der Waals surface area (Å²) in [6.07, 6.45) is 2.59. The van der Waals surface area contributed by atoms with Crippen molar-refractivity contribution in [1.82, 2.24) is 19.7 Å². The van der Waals surface area contributed by atoms with Crippen molar-refractivity contribution >= 4 is 11.8 Å². The highest BCUT2D eigenvalue weighted by Gasteiger charge is 2.14. The number of nitrogens with zero attached hydrogens (tertiary/aromatic N) is 4. The van der Waals surface area contributed by atoms with Gasteiger partial charge in [0.25, 0.3) is 5.22 Å². The Morgan fingerprint density at radius 1 is 1.27 bits per heavy atom. The lowest BCUT2D eigenvalue weighted by molar-refractivity contribution is 0.0678. The lowest BCUT2D eigenvalue weighted by atomic mass is 10.1. The lowest BCUT2D eigenvalue weighted by Crippen LogP contribution is -2.01. The Hall–Kier alpha value is -2.22. The highest BCUT2D eigenvalue weighted by atomic mass is 32.2. The number of hydrogen-bond acceptors (Lipinski definition) is 5. The summed E-state index contributed by atoms with van der Waals surface area (Å²) in [4.78, 5) is 3.90. The molecule has 114 valence electrons. The molecule has 22 heavy (non-hydrogen) atoms. The van der Waals surface area contributed by atoms with Crippen LogP contribution in [-0.4, -0.2) is 19.7 Å². The minimum absolute atomic E-state index is 0.229. The molecule has 0 spiro atoms. The fourth-order valence-electron chi connectivity index (χ4n) is 1.95. The highest BCUT2D eigenvalue weighted by molar-refractivity contribution is 7.98. The van der Waals surface area contributed by atoms with Gasteiger partial charge in [0.2, 0.25) is 5.89 Å². The van der Waals surface area contributed by atoms with Gasteiger partial charge in [-0.2, -0.15) is 8.78 Å². The third-order valence-electron chi connectivity index (χ3n) is 3.07. The average Bonchev–Trinajstić information content (AvgIpc) is 3.14. The summed E-state index contributed by atoms with van der Waals surface area (Å²) < 4.78 is 31.8. The number of alkyl halides is 2. The molecule has 2 aromatic heterocycles. The third kappa shape index (κ3) is 3.01. The minimum Gasteiger partial charge on any atom is -0.411 e. The van der Waals surface area contributed by atoms with E-state index in [9.17, 15) is 8.78 Å². The van der Waals surface area contributed by atoms with Gasteiger partial charge in [0.05, 0.1) is 5.75 Å². The van der Waals surface area contributed by atoms with Gasteiger partial charge in [-0.3, -0.25) is 4.57 Å². The van der Waals surface area contributed by atoms with Crippen LogP contribution in [0.5, 0.6) is 0 Å². The van der Waals surface area contributed by atoms with Crippen LogP contribution in [0.1, 0.15) is 17.9 Å². The number of thioether (sulfide) groups is 1. The zero-order chi connectivity index (χ0) is 15.5. The number of halogens is 2. The zero-order valence-corrected chi connectivity index (χ0v) is 12.4. The van der Waals surface area contributed by atoms with Crippen LogP contribution in [0.4, 0.5) is 8.78 Å². The van der Waals surface area contributed by atoms with Crippen LogP contribution in [0.2, 0.25) is 0 Å². The van der Waals surface area contributed by atoms with Crippen molar-refractivity contribution in [3.05, 3.63) is 48.0 Å². The van der Waals surface area contributed by atoms with E-state index in [0.29, 0.717) is 11.1 Å². The molecule has 0 N–H and O–H groups in total. The molecule has 0 aliphatic rings. The summed E-state index contributed by atoms with van der Waals surface area (Å²) in [6.45, 7) is -0.658. The SMILES string of the molecule is Cc1ccccc1-c1nnc(SCc2nccn2C(F)F)o1. The van der Waals surface area contributed by atoms with Crippen molar-refractivity contribution < 1.29 is 13.2 Å². The average molecular weight is 322 g/mol. The Labute approximate surface area is 129 Å². The summed E-state index contributed by atoms with van der Waals surface area (Å²) in [5.41, 5.74) is 1.88. The van der Waals surface area contributed by atoms with Crippen LogP contribution in [0.3, 0.4) is 0 Å². The van der Waals surface area contributed by atoms with Crippen LogP contribution in [-0.2, 0) is 5.75 Å². The first kappa shape index (κ1) is 14.7. The molecule has 0 radical (unpaired) electrons. The quantitative estimate of drug-likeness (QED) is 0.666. The van der Waals surface area contributed by atoms with Crippen LogP contribution < -0.4 is 0 Å². The monoisotopic (exact) mass is 322 g/mol. The zero-order valence-electron chi connectivity index (χ0n) is 11.6. The minimum atomic E-state index is -2.61. The predicted octanol–water partition coefficient (Wildman–Crippen LogP) is 3.93. The van der Waals surface area contributed by atoms with Gasteiger partial charge in [-0.15, -0.1) is 10.2 Å². The summed E-state index contributed by atoms with van der Waals surface area (Å²) in [5, 5.41) is 8.24. The Morgan fingerprint density at radius 3 is 2.86 bits per heavy atom. The molecule has 0 bridgehead atoms. The molecule has 5 nitrogen and oxygen atoms in total. The second-order valence-corrected chi connectivity index (χ2v) is 5.43. The Kier molecular flexibility index (Phi) is 4.19. The fraction of sp³-hybridized carbons (Fsp3) is 0.214. The molecule has 0 fully saturated rings. The van der Waals surface area contributed by atoms with Gasteiger partial charge in [-0.25, -0.2) is 4.98 Å². The Bertz CT molecular complexity index is 772. The molecule has 3 aromatic rings. The fourth-order valence-corrected chi connectivity index (χ4v) is 2.66. The van der Waals surface area contributed by atoms with E-state index in [-0.39, 0.29) is 11.6 Å². The normalized spacial score (nSPS) is 11.3. The van der Waals surface area contributed by atoms with Crippen molar-refractivity contribution in [2.24, 2.45) is 0 Å². The standard InChI is InChI=1S/C14H12F2N4OS/c1-9-4-2-3-5-10(9)12-18-19-14(21-12)22-8-11-17-6-7-20(11)13(15)16/h2-7,13H,8H2,1H3. The van der Waals surface area contributed by atoms with Gasteiger partial charge >= 0.3 is 6.55 Å². The molecular weight excluding hydrogens is 310 g/mol. The van der Waals surface area contributed by atoms with Crippen LogP contribution in [0.25, 0.3) is 11.5 Å². The van der Waals surface area contributed by atoms with E-state index >= 15 is 0 Å². The summed E-state index contributed by atoms with van der Waals surface area (Å²) >= 11 is 1.17. The van der Waals surface area contributed by atoms with Crippen molar-refractivity contribution in [2.75, 3.05) is 0 Å². The van der Waals surface area contributed by atoms with Gasteiger partial charge < -0.3 is 4.42 Å². The maximum absolute atomic E-state index is 12.7. The van der Waals surface area contributed by atoms with Gasteiger partial charge in [0, 0.05) is 18.0 Å². The molecule has 0 atom stereocenters. The second kappa shape index (κ2) is 6.27. The molecule has 0 unspecified atom stereocenters. The van der Waals surface area contributed by atoms with E-state index in [2.05, 4.69) is 15.2 Å². The van der Waals surface area contributed by atoms with Gasteiger partial charge in [-0.1, -0.05) is 30.0 Å². The first-order chi connectivity index (χ1) is 10.6. The lowest BCUT2D eigenvalue weighted by Gasteiger charge is -2.04. The van der Waals surface area contributed by atoms with Crippen LogP contribution >= 0.6 is 11.8 Å². The van der Waals surface area contributed by atoms with Gasteiger partial charge in [0.1, 0.15) is 5.82 Å². The summed E-state index contributed by atoms with van der Waals surface area (Å²) in [5.74, 6) is 0.903. The number of imidazole rings is 1. The maximum atomic E-state index is 12.7. The largest absolute Gasteiger partial charge is 0.411 e. The molecule has 0 aliphatic heterocycles. The molecule has 2 heterocycles. The van der Waals surface area contributed by atoms with Gasteiger partial charge in [-0.05, 0) is 18.6 Å². The molecule has 0 saturated heterocycles. The number of aromatic nitrogens is 4. The summed E-state index contributed by atoms with van der Waals surface area (Å²) in [6, 6.07) is 7.65. The first-order valence-electron chi connectivity index (χ1n) is 6.47. The molecular formula is C14H12F2N4OS. The number of aryl methyl sites for hydroxylation is 1. The maximum Gasteiger partial charge on any atom is 0.319 e. The van der Waals surface area contributed by atoms with E-state index in [1.165, 1.54) is 24.2 Å². The molecule has 8 heteroatoms. The molecule has 1 aromatic carbocycles. The van der Waals surface area contributed by atoms with E-state index in [1.807, 2.05) is 31.2 Å². The first-order valence-corrected chi connectivity index (χ1v) is 7.46. The smallest absolute Gasteiger partial charge is 0.319 e. The van der Waals surface area contributed by atoms with Crippen molar-refractivity contribution in [1.29, 1.82) is 0 Å². The third-order valence-corrected chi connectivity index (χ3v) is 3.88.